The van der Waals surface area contributed by atoms with Gasteiger partial charge in [0.05, 0.1) is 4.92 Å². The largest absolute Gasteiger partial charge is 0.330 e. The first-order valence-corrected chi connectivity index (χ1v) is 6.71. The van der Waals surface area contributed by atoms with E-state index in [9.17, 15) is 10.1 Å². The second-order valence-electron chi connectivity index (χ2n) is 4.53. The Labute approximate surface area is 104 Å². The van der Waals surface area contributed by atoms with Crippen LogP contribution in [-0.2, 0) is 6.54 Å². The van der Waals surface area contributed by atoms with E-state index in [2.05, 4.69) is 4.90 Å². The van der Waals surface area contributed by atoms with E-state index in [1.807, 2.05) is 5.38 Å². The van der Waals surface area contributed by atoms with Crippen molar-refractivity contribution in [2.75, 3.05) is 19.6 Å². The molecule has 94 valence electrons. The van der Waals surface area contributed by atoms with Gasteiger partial charge in [-0.1, -0.05) is 11.3 Å². The lowest BCUT2D eigenvalue weighted by Crippen LogP contribution is -2.37. The minimum absolute atomic E-state index is 0.229. The van der Waals surface area contributed by atoms with Gasteiger partial charge in [-0.3, -0.25) is 15.0 Å². The Hall–Kier alpha value is -0.980. The van der Waals surface area contributed by atoms with E-state index < -0.39 is 0 Å². The molecule has 0 aliphatic carbocycles. The van der Waals surface area contributed by atoms with Gasteiger partial charge in [0.2, 0.25) is 0 Å². The van der Waals surface area contributed by atoms with Crippen LogP contribution in [0.4, 0.5) is 5.00 Å². The maximum absolute atomic E-state index is 10.6. The van der Waals surface area contributed by atoms with Crippen LogP contribution in [0.1, 0.15) is 18.4 Å². The number of piperidine rings is 1. The van der Waals surface area contributed by atoms with Crippen molar-refractivity contribution >= 4 is 16.3 Å². The second-order valence-corrected chi connectivity index (χ2v) is 5.42. The fourth-order valence-electron chi connectivity index (χ4n) is 2.29. The first kappa shape index (κ1) is 12.5. The maximum atomic E-state index is 10.6. The summed E-state index contributed by atoms with van der Waals surface area (Å²) in [7, 11) is 0. The lowest BCUT2D eigenvalue weighted by atomic mass is 9.98. The highest BCUT2D eigenvalue weighted by atomic mass is 32.1. The fraction of sp³-hybridized carbons (Fsp3) is 0.636. The van der Waals surface area contributed by atoms with Gasteiger partial charge >= 0.3 is 5.00 Å². The third-order valence-electron chi connectivity index (χ3n) is 3.16. The quantitative estimate of drug-likeness (QED) is 0.658. The third-order valence-corrected chi connectivity index (χ3v) is 4.09. The summed E-state index contributed by atoms with van der Waals surface area (Å²) in [5.41, 5.74) is 6.73. The summed E-state index contributed by atoms with van der Waals surface area (Å²) in [6.07, 6.45) is 2.38. The van der Waals surface area contributed by atoms with Crippen molar-refractivity contribution in [2.24, 2.45) is 11.7 Å². The molecule has 1 aliphatic rings. The Kier molecular flexibility index (Phi) is 4.09. The lowest BCUT2D eigenvalue weighted by molar-refractivity contribution is -0.380. The molecule has 0 aromatic carbocycles. The first-order chi connectivity index (χ1) is 8.19. The number of nitrogens with zero attached hydrogens (tertiary/aromatic N) is 2. The Morgan fingerprint density at radius 3 is 3.12 bits per heavy atom. The van der Waals surface area contributed by atoms with E-state index >= 15 is 0 Å². The summed E-state index contributed by atoms with van der Waals surface area (Å²) in [6, 6.07) is 1.68. The highest BCUT2D eigenvalue weighted by molar-refractivity contribution is 7.13. The van der Waals surface area contributed by atoms with E-state index in [-0.39, 0.29) is 9.92 Å². The lowest BCUT2D eigenvalue weighted by Gasteiger charge is -2.31. The van der Waals surface area contributed by atoms with E-state index in [0.29, 0.717) is 5.92 Å². The average molecular weight is 255 g/mol. The molecule has 1 saturated heterocycles. The second kappa shape index (κ2) is 5.57. The summed E-state index contributed by atoms with van der Waals surface area (Å²) in [5, 5.41) is 12.7. The van der Waals surface area contributed by atoms with E-state index in [1.54, 1.807) is 6.07 Å². The average Bonchev–Trinajstić information content (AvgIpc) is 2.78. The van der Waals surface area contributed by atoms with Gasteiger partial charge in [-0.15, -0.1) is 0 Å². The van der Waals surface area contributed by atoms with Gasteiger partial charge in [-0.25, -0.2) is 0 Å². The number of nitrogens with two attached hydrogens (primary N) is 1. The monoisotopic (exact) mass is 255 g/mol. The van der Waals surface area contributed by atoms with Gasteiger partial charge in [0.1, 0.15) is 0 Å². The zero-order valence-electron chi connectivity index (χ0n) is 9.67. The van der Waals surface area contributed by atoms with Crippen LogP contribution in [0.2, 0.25) is 0 Å². The van der Waals surface area contributed by atoms with Crippen LogP contribution < -0.4 is 5.73 Å². The molecule has 1 unspecified atom stereocenters. The molecule has 17 heavy (non-hydrogen) atoms. The Morgan fingerprint density at radius 1 is 1.65 bits per heavy atom. The standard InChI is InChI=1S/C11H17N3O2S/c12-5-9-2-1-3-13(6-9)7-10-4-11(14(15)16)17-8-10/h4,8-9H,1-3,5-7,12H2. The molecule has 1 fully saturated rings. The summed E-state index contributed by atoms with van der Waals surface area (Å²) in [5.74, 6) is 0.581. The minimum Gasteiger partial charge on any atom is -0.330 e. The molecule has 0 radical (unpaired) electrons. The van der Waals surface area contributed by atoms with Crippen LogP contribution >= 0.6 is 11.3 Å². The molecule has 1 aromatic rings. The van der Waals surface area contributed by atoms with Gasteiger partial charge in [0, 0.05) is 24.5 Å². The van der Waals surface area contributed by atoms with Crippen molar-refractivity contribution in [1.29, 1.82) is 0 Å². The topological polar surface area (TPSA) is 72.4 Å². The minimum atomic E-state index is -0.326. The number of nitro groups is 1. The van der Waals surface area contributed by atoms with Crippen LogP contribution in [-0.4, -0.2) is 29.5 Å². The molecular formula is C11H17N3O2S. The molecule has 5 nitrogen and oxygen atoms in total. The summed E-state index contributed by atoms with van der Waals surface area (Å²) in [6.45, 7) is 3.63. The molecule has 2 N–H and O–H groups in total. The van der Waals surface area contributed by atoms with Crippen LogP contribution in [0.5, 0.6) is 0 Å². The van der Waals surface area contributed by atoms with Crippen molar-refractivity contribution in [2.45, 2.75) is 19.4 Å². The molecule has 0 amide bonds. The highest BCUT2D eigenvalue weighted by Crippen LogP contribution is 2.25. The molecule has 2 rings (SSSR count). The molecule has 1 aromatic heterocycles. The summed E-state index contributed by atoms with van der Waals surface area (Å²) in [4.78, 5) is 12.6. The molecule has 0 bridgehead atoms. The van der Waals surface area contributed by atoms with Crippen molar-refractivity contribution in [3.63, 3.8) is 0 Å². The zero-order chi connectivity index (χ0) is 12.3. The molecule has 0 spiro atoms. The molecule has 0 saturated carbocycles. The number of thiophene rings is 1. The van der Waals surface area contributed by atoms with E-state index in [1.165, 1.54) is 24.2 Å². The maximum Gasteiger partial charge on any atom is 0.324 e. The summed E-state index contributed by atoms with van der Waals surface area (Å²) >= 11 is 1.20. The van der Waals surface area contributed by atoms with Gasteiger partial charge in [0.15, 0.2) is 0 Å². The summed E-state index contributed by atoms with van der Waals surface area (Å²) < 4.78 is 0. The van der Waals surface area contributed by atoms with Crippen molar-refractivity contribution in [3.8, 4) is 0 Å². The van der Waals surface area contributed by atoms with Gasteiger partial charge < -0.3 is 5.73 Å². The molecule has 2 heterocycles. The number of likely N-dealkylation sites (tertiary alicyclic amines) is 1. The Bertz CT molecular complexity index is 394. The smallest absolute Gasteiger partial charge is 0.324 e. The van der Waals surface area contributed by atoms with Crippen LogP contribution in [0.3, 0.4) is 0 Å². The number of hydrogen-bond acceptors (Lipinski definition) is 5. The Balaban J connectivity index is 1.93. The highest BCUT2D eigenvalue weighted by Gasteiger charge is 2.19. The first-order valence-electron chi connectivity index (χ1n) is 5.83. The van der Waals surface area contributed by atoms with Crippen molar-refractivity contribution in [3.05, 3.63) is 27.1 Å². The van der Waals surface area contributed by atoms with Crippen LogP contribution in [0.15, 0.2) is 11.4 Å². The van der Waals surface area contributed by atoms with E-state index in [4.69, 9.17) is 5.73 Å². The van der Waals surface area contributed by atoms with Gasteiger partial charge in [0.25, 0.3) is 0 Å². The molecule has 1 aliphatic heterocycles. The fourth-order valence-corrected chi connectivity index (χ4v) is 3.01. The molecular weight excluding hydrogens is 238 g/mol. The predicted molar refractivity (Wildman–Crippen MR) is 68.0 cm³/mol. The van der Waals surface area contributed by atoms with E-state index in [0.717, 1.165) is 31.7 Å². The van der Waals surface area contributed by atoms with Gasteiger partial charge in [-0.05, 0) is 37.4 Å². The third kappa shape index (κ3) is 3.24. The van der Waals surface area contributed by atoms with Crippen molar-refractivity contribution in [1.82, 2.24) is 4.90 Å². The number of hydrogen-bond donors (Lipinski definition) is 1. The zero-order valence-corrected chi connectivity index (χ0v) is 10.5. The predicted octanol–water partition coefficient (Wildman–Crippen LogP) is 1.83. The SMILES string of the molecule is NCC1CCCN(Cc2csc([N+](=O)[O-])c2)C1. The molecule has 1 atom stereocenters. The normalized spacial score (nSPS) is 21.6. The Morgan fingerprint density at radius 2 is 2.47 bits per heavy atom. The van der Waals surface area contributed by atoms with Crippen molar-refractivity contribution < 1.29 is 4.92 Å². The molecule has 6 heteroatoms. The van der Waals surface area contributed by atoms with Crippen LogP contribution in [0.25, 0.3) is 0 Å². The van der Waals surface area contributed by atoms with Gasteiger partial charge in [-0.2, -0.15) is 0 Å². The van der Waals surface area contributed by atoms with Crippen LogP contribution in [0, 0.1) is 16.0 Å². The number of rotatable bonds is 4.